The van der Waals surface area contributed by atoms with Crippen LogP contribution in [-0.2, 0) is 0 Å². The van der Waals surface area contributed by atoms with E-state index in [1.807, 2.05) is 0 Å². The maximum absolute atomic E-state index is 13.1. The van der Waals surface area contributed by atoms with E-state index >= 15 is 0 Å². The number of nitro benzene ring substituents is 1. The quantitative estimate of drug-likeness (QED) is 0.575. The Labute approximate surface area is 80.1 Å². The van der Waals surface area contributed by atoms with E-state index in [4.69, 9.17) is 0 Å². The molecule has 0 radical (unpaired) electrons. The predicted octanol–water partition coefficient (Wildman–Crippen LogP) is 1.82. The third kappa shape index (κ3) is 1.73. The highest BCUT2D eigenvalue weighted by atomic mass is 19.1. The highest BCUT2D eigenvalue weighted by Gasteiger charge is 2.16. The van der Waals surface area contributed by atoms with E-state index in [2.05, 4.69) is 10.6 Å². The van der Waals surface area contributed by atoms with E-state index in [-0.39, 0.29) is 17.1 Å². The fourth-order valence-corrected chi connectivity index (χ4v) is 1.11. The lowest BCUT2D eigenvalue weighted by atomic mass is 10.2. The molecule has 0 fully saturated rings. The van der Waals surface area contributed by atoms with Crippen molar-refractivity contribution in [1.82, 2.24) is 0 Å². The first-order valence-electron chi connectivity index (χ1n) is 3.93. The molecule has 0 heterocycles. The summed E-state index contributed by atoms with van der Waals surface area (Å²) < 4.78 is 13.1. The Balaban J connectivity index is 3.31. The molecule has 0 atom stereocenters. The van der Waals surface area contributed by atoms with Crippen molar-refractivity contribution >= 4 is 17.1 Å². The van der Waals surface area contributed by atoms with Gasteiger partial charge in [-0.05, 0) is 6.07 Å². The van der Waals surface area contributed by atoms with Gasteiger partial charge in [0.25, 0.3) is 5.69 Å². The molecule has 0 unspecified atom stereocenters. The summed E-state index contributed by atoms with van der Waals surface area (Å²) in [5, 5.41) is 15.7. The fourth-order valence-electron chi connectivity index (χ4n) is 1.11. The zero-order valence-corrected chi connectivity index (χ0v) is 7.80. The van der Waals surface area contributed by atoms with Crippen molar-refractivity contribution < 1.29 is 9.31 Å². The molecule has 1 rings (SSSR count). The molecule has 0 aromatic heterocycles. The molecule has 5 nitrogen and oxygen atoms in total. The molecule has 0 saturated carbocycles. The Morgan fingerprint density at radius 2 is 1.86 bits per heavy atom. The largest absolute Gasteiger partial charge is 0.386 e. The highest BCUT2D eigenvalue weighted by Crippen LogP contribution is 2.29. The average Bonchev–Trinajstić information content (AvgIpc) is 2.17. The molecular weight excluding hydrogens is 189 g/mol. The van der Waals surface area contributed by atoms with E-state index in [9.17, 15) is 14.5 Å². The second-order valence-electron chi connectivity index (χ2n) is 2.61. The van der Waals surface area contributed by atoms with Crippen LogP contribution in [0.1, 0.15) is 0 Å². The zero-order valence-electron chi connectivity index (χ0n) is 7.80. The molecule has 14 heavy (non-hydrogen) atoms. The van der Waals surface area contributed by atoms with Crippen molar-refractivity contribution in [2.75, 3.05) is 24.7 Å². The van der Waals surface area contributed by atoms with Gasteiger partial charge in [-0.3, -0.25) is 10.1 Å². The molecule has 6 heteroatoms. The fraction of sp³-hybridized carbons (Fsp3) is 0.250. The molecule has 0 bridgehead atoms. The van der Waals surface area contributed by atoms with Crippen molar-refractivity contribution in [3.8, 4) is 0 Å². The van der Waals surface area contributed by atoms with Crippen LogP contribution < -0.4 is 10.6 Å². The van der Waals surface area contributed by atoms with Crippen molar-refractivity contribution in [3.05, 3.63) is 28.1 Å². The SMILES string of the molecule is CNc1cc(NC)c([N+](=O)[O-])cc1F. The summed E-state index contributed by atoms with van der Waals surface area (Å²) in [6.45, 7) is 0. The summed E-state index contributed by atoms with van der Waals surface area (Å²) in [7, 11) is 3.09. The maximum Gasteiger partial charge on any atom is 0.295 e. The van der Waals surface area contributed by atoms with Crippen LogP contribution in [0.25, 0.3) is 0 Å². The summed E-state index contributed by atoms with van der Waals surface area (Å²) in [5.74, 6) is -0.641. The van der Waals surface area contributed by atoms with Crippen LogP contribution in [0, 0.1) is 15.9 Å². The minimum absolute atomic E-state index is 0.222. The van der Waals surface area contributed by atoms with Gasteiger partial charge >= 0.3 is 0 Å². The summed E-state index contributed by atoms with van der Waals surface area (Å²) in [5.41, 5.74) is 0.227. The van der Waals surface area contributed by atoms with E-state index in [1.54, 1.807) is 14.1 Å². The lowest BCUT2D eigenvalue weighted by Gasteiger charge is -2.06. The van der Waals surface area contributed by atoms with Gasteiger partial charge in [0, 0.05) is 14.1 Å². The first-order valence-corrected chi connectivity index (χ1v) is 3.93. The van der Waals surface area contributed by atoms with Gasteiger partial charge in [-0.25, -0.2) is 4.39 Å². The Hall–Kier alpha value is -1.85. The van der Waals surface area contributed by atoms with Gasteiger partial charge in [0.2, 0.25) is 0 Å². The van der Waals surface area contributed by atoms with Gasteiger partial charge in [-0.2, -0.15) is 0 Å². The maximum atomic E-state index is 13.1. The van der Waals surface area contributed by atoms with Gasteiger partial charge in [-0.1, -0.05) is 0 Å². The molecule has 0 aliphatic heterocycles. The van der Waals surface area contributed by atoms with E-state index in [1.165, 1.54) is 6.07 Å². The predicted molar refractivity (Wildman–Crippen MR) is 52.1 cm³/mol. The normalized spacial score (nSPS) is 9.64. The molecule has 0 amide bonds. The van der Waals surface area contributed by atoms with Gasteiger partial charge in [0.1, 0.15) is 5.69 Å². The number of hydrogen-bond donors (Lipinski definition) is 2. The summed E-state index contributed by atoms with van der Waals surface area (Å²) >= 11 is 0. The lowest BCUT2D eigenvalue weighted by molar-refractivity contribution is -0.384. The Morgan fingerprint density at radius 1 is 1.29 bits per heavy atom. The number of hydrogen-bond acceptors (Lipinski definition) is 4. The molecule has 0 aliphatic carbocycles. The standard InChI is InChI=1S/C8H10FN3O2/c1-10-6-4-7(11-2)8(12(13)14)3-5(6)9/h3-4,10-11H,1-2H3. The topological polar surface area (TPSA) is 67.2 Å². The molecule has 1 aromatic rings. The Bertz CT molecular complexity index is 368. The molecule has 1 aromatic carbocycles. The number of halogens is 1. The number of benzene rings is 1. The minimum atomic E-state index is -0.641. The van der Waals surface area contributed by atoms with E-state index in [0.29, 0.717) is 0 Å². The molecular formula is C8H10FN3O2. The van der Waals surface area contributed by atoms with Gasteiger partial charge in [0.05, 0.1) is 16.7 Å². The number of nitrogens with one attached hydrogen (secondary N) is 2. The monoisotopic (exact) mass is 199 g/mol. The molecule has 0 spiro atoms. The van der Waals surface area contributed by atoms with Crippen molar-refractivity contribution in [2.24, 2.45) is 0 Å². The van der Waals surface area contributed by atoms with Crippen molar-refractivity contribution in [1.29, 1.82) is 0 Å². The molecule has 76 valence electrons. The van der Waals surface area contributed by atoms with Crippen LogP contribution in [0.2, 0.25) is 0 Å². The summed E-state index contributed by atoms with van der Waals surface area (Å²) in [4.78, 5) is 9.88. The summed E-state index contributed by atoms with van der Waals surface area (Å²) in [6.07, 6.45) is 0. The van der Waals surface area contributed by atoms with Crippen LogP contribution in [0.5, 0.6) is 0 Å². The highest BCUT2D eigenvalue weighted by molar-refractivity contribution is 5.68. The second-order valence-corrected chi connectivity index (χ2v) is 2.61. The zero-order chi connectivity index (χ0) is 10.7. The van der Waals surface area contributed by atoms with Crippen LogP contribution in [0.3, 0.4) is 0 Å². The number of nitrogens with zero attached hydrogens (tertiary/aromatic N) is 1. The Kier molecular flexibility index (Phi) is 2.85. The third-order valence-electron chi connectivity index (χ3n) is 1.82. The lowest BCUT2D eigenvalue weighted by Crippen LogP contribution is -2.00. The molecule has 2 N–H and O–H groups in total. The number of rotatable bonds is 3. The molecule has 0 saturated heterocycles. The van der Waals surface area contributed by atoms with E-state index < -0.39 is 10.7 Å². The van der Waals surface area contributed by atoms with Crippen molar-refractivity contribution in [3.63, 3.8) is 0 Å². The molecule has 0 aliphatic rings. The van der Waals surface area contributed by atoms with Gasteiger partial charge in [0.15, 0.2) is 5.82 Å². The number of anilines is 2. The smallest absolute Gasteiger partial charge is 0.295 e. The Morgan fingerprint density at radius 3 is 2.29 bits per heavy atom. The minimum Gasteiger partial charge on any atom is -0.386 e. The second kappa shape index (κ2) is 3.91. The van der Waals surface area contributed by atoms with Gasteiger partial charge in [-0.15, -0.1) is 0 Å². The van der Waals surface area contributed by atoms with Crippen LogP contribution in [0.15, 0.2) is 12.1 Å². The first kappa shape index (κ1) is 10.2. The van der Waals surface area contributed by atoms with Crippen LogP contribution in [-0.4, -0.2) is 19.0 Å². The number of nitro groups is 1. The van der Waals surface area contributed by atoms with Crippen LogP contribution in [0.4, 0.5) is 21.5 Å². The third-order valence-corrected chi connectivity index (χ3v) is 1.82. The van der Waals surface area contributed by atoms with E-state index in [0.717, 1.165) is 6.07 Å². The summed E-state index contributed by atoms with van der Waals surface area (Å²) in [6, 6.07) is 2.24. The first-order chi connectivity index (χ1) is 6.60. The van der Waals surface area contributed by atoms with Crippen LogP contribution >= 0.6 is 0 Å². The van der Waals surface area contributed by atoms with Gasteiger partial charge < -0.3 is 10.6 Å². The van der Waals surface area contributed by atoms with Crippen molar-refractivity contribution in [2.45, 2.75) is 0 Å². The average molecular weight is 199 g/mol.